The van der Waals surface area contributed by atoms with Crippen LogP contribution in [-0.4, -0.2) is 29.8 Å². The SMILES string of the molecule is CC(C)(C[C@H]1CCCNC1)NC(=O)O. The number of amides is 1. The highest BCUT2D eigenvalue weighted by molar-refractivity contribution is 5.65. The minimum atomic E-state index is -0.932. The molecular formula is C10H20N2O2. The standard InChI is InChI=1S/C10H20N2O2/c1-10(2,12-9(13)14)6-8-4-3-5-11-7-8/h8,11-12H,3-7H2,1-2H3,(H,13,14)/t8-/m1/s1. The molecular weight excluding hydrogens is 180 g/mol. The molecule has 4 nitrogen and oxygen atoms in total. The van der Waals surface area contributed by atoms with Crippen LogP contribution >= 0.6 is 0 Å². The summed E-state index contributed by atoms with van der Waals surface area (Å²) in [6.07, 6.45) is 2.39. The van der Waals surface area contributed by atoms with Gasteiger partial charge in [0.1, 0.15) is 0 Å². The van der Waals surface area contributed by atoms with Crippen molar-refractivity contribution < 1.29 is 9.90 Å². The highest BCUT2D eigenvalue weighted by Crippen LogP contribution is 2.21. The summed E-state index contributed by atoms with van der Waals surface area (Å²) in [5, 5.41) is 14.5. The van der Waals surface area contributed by atoms with Gasteiger partial charge in [-0.2, -0.15) is 0 Å². The number of rotatable bonds is 3. The second kappa shape index (κ2) is 4.64. The van der Waals surface area contributed by atoms with E-state index in [1.807, 2.05) is 13.8 Å². The first-order valence-electron chi connectivity index (χ1n) is 5.21. The fourth-order valence-electron chi connectivity index (χ4n) is 2.16. The van der Waals surface area contributed by atoms with Gasteiger partial charge in [0.25, 0.3) is 0 Å². The summed E-state index contributed by atoms with van der Waals surface area (Å²) in [5.74, 6) is 0.602. The van der Waals surface area contributed by atoms with Crippen LogP contribution in [0.2, 0.25) is 0 Å². The van der Waals surface area contributed by atoms with E-state index >= 15 is 0 Å². The molecule has 1 fully saturated rings. The Balaban J connectivity index is 2.36. The van der Waals surface area contributed by atoms with Crippen molar-refractivity contribution in [1.82, 2.24) is 10.6 Å². The molecule has 0 aliphatic carbocycles. The summed E-state index contributed by atoms with van der Waals surface area (Å²) in [4.78, 5) is 10.5. The number of hydrogen-bond acceptors (Lipinski definition) is 2. The quantitative estimate of drug-likeness (QED) is 0.645. The third-order valence-electron chi connectivity index (χ3n) is 2.64. The van der Waals surface area contributed by atoms with Crippen molar-refractivity contribution in [3.63, 3.8) is 0 Å². The Bertz CT molecular complexity index is 198. The Morgan fingerprint density at radius 3 is 2.86 bits per heavy atom. The summed E-state index contributed by atoms with van der Waals surface area (Å²) in [5.41, 5.74) is -0.310. The highest BCUT2D eigenvalue weighted by atomic mass is 16.4. The molecule has 1 heterocycles. The third-order valence-corrected chi connectivity index (χ3v) is 2.64. The van der Waals surface area contributed by atoms with Gasteiger partial charge in [-0.15, -0.1) is 0 Å². The Morgan fingerprint density at radius 1 is 1.64 bits per heavy atom. The lowest BCUT2D eigenvalue weighted by Gasteiger charge is -2.32. The smallest absolute Gasteiger partial charge is 0.405 e. The van der Waals surface area contributed by atoms with Gasteiger partial charge in [0.05, 0.1) is 0 Å². The van der Waals surface area contributed by atoms with Gasteiger partial charge in [-0.1, -0.05) is 0 Å². The van der Waals surface area contributed by atoms with Crippen molar-refractivity contribution in [1.29, 1.82) is 0 Å². The van der Waals surface area contributed by atoms with Gasteiger partial charge >= 0.3 is 6.09 Å². The molecule has 1 amide bonds. The highest BCUT2D eigenvalue weighted by Gasteiger charge is 2.25. The molecule has 1 rings (SSSR count). The maximum Gasteiger partial charge on any atom is 0.405 e. The first kappa shape index (κ1) is 11.3. The number of hydrogen-bond donors (Lipinski definition) is 3. The van der Waals surface area contributed by atoms with E-state index in [4.69, 9.17) is 5.11 Å². The van der Waals surface area contributed by atoms with E-state index in [0.29, 0.717) is 5.92 Å². The van der Waals surface area contributed by atoms with Gasteiger partial charge in [-0.25, -0.2) is 4.79 Å². The van der Waals surface area contributed by atoms with Gasteiger partial charge in [0.15, 0.2) is 0 Å². The van der Waals surface area contributed by atoms with E-state index in [-0.39, 0.29) is 5.54 Å². The lowest BCUT2D eigenvalue weighted by atomic mass is 9.86. The summed E-state index contributed by atoms with van der Waals surface area (Å²) in [6.45, 7) is 6.00. The van der Waals surface area contributed by atoms with Crippen molar-refractivity contribution >= 4 is 6.09 Å². The Hall–Kier alpha value is -0.770. The van der Waals surface area contributed by atoms with Crippen LogP contribution in [0.5, 0.6) is 0 Å². The lowest BCUT2D eigenvalue weighted by Crippen LogP contribution is -2.46. The number of nitrogens with one attached hydrogen (secondary N) is 2. The number of carbonyl (C=O) groups is 1. The third kappa shape index (κ3) is 3.96. The Kier molecular flexibility index (Phi) is 3.75. The van der Waals surface area contributed by atoms with Crippen LogP contribution in [0.15, 0.2) is 0 Å². The molecule has 0 saturated carbocycles. The number of piperidine rings is 1. The van der Waals surface area contributed by atoms with Crippen LogP contribution in [0.25, 0.3) is 0 Å². The van der Waals surface area contributed by atoms with Crippen LogP contribution < -0.4 is 10.6 Å². The van der Waals surface area contributed by atoms with Gasteiger partial charge in [0, 0.05) is 5.54 Å². The molecule has 0 bridgehead atoms. The summed E-state index contributed by atoms with van der Waals surface area (Å²) < 4.78 is 0. The fourth-order valence-corrected chi connectivity index (χ4v) is 2.16. The predicted molar refractivity (Wildman–Crippen MR) is 55.5 cm³/mol. The molecule has 1 atom stereocenters. The number of carboxylic acid groups (broad SMARTS) is 1. The van der Waals surface area contributed by atoms with Crippen LogP contribution in [0.3, 0.4) is 0 Å². The molecule has 1 saturated heterocycles. The first-order valence-corrected chi connectivity index (χ1v) is 5.21. The van der Waals surface area contributed by atoms with Crippen molar-refractivity contribution in [3.05, 3.63) is 0 Å². The van der Waals surface area contributed by atoms with Crippen molar-refractivity contribution in [2.45, 2.75) is 38.6 Å². The molecule has 0 spiro atoms. The molecule has 0 aromatic heterocycles. The second-order valence-corrected chi connectivity index (χ2v) is 4.73. The zero-order valence-electron chi connectivity index (χ0n) is 8.97. The Morgan fingerprint density at radius 2 is 2.36 bits per heavy atom. The Labute approximate surface area is 85.1 Å². The van der Waals surface area contributed by atoms with Crippen LogP contribution in [0, 0.1) is 5.92 Å². The van der Waals surface area contributed by atoms with Gasteiger partial charge in [-0.05, 0) is 52.1 Å². The topological polar surface area (TPSA) is 61.4 Å². The van der Waals surface area contributed by atoms with E-state index < -0.39 is 6.09 Å². The average molecular weight is 200 g/mol. The maximum absolute atomic E-state index is 10.5. The van der Waals surface area contributed by atoms with Crippen molar-refractivity contribution in [2.75, 3.05) is 13.1 Å². The average Bonchev–Trinajstić information content (AvgIpc) is 2.02. The zero-order valence-corrected chi connectivity index (χ0v) is 8.97. The van der Waals surface area contributed by atoms with Crippen molar-refractivity contribution in [3.8, 4) is 0 Å². The zero-order chi connectivity index (χ0) is 10.6. The molecule has 0 unspecified atom stereocenters. The molecule has 0 aromatic rings. The van der Waals surface area contributed by atoms with E-state index in [0.717, 1.165) is 19.5 Å². The lowest BCUT2D eigenvalue weighted by molar-refractivity contribution is 0.173. The predicted octanol–water partition coefficient (Wildman–Crippen LogP) is 1.42. The van der Waals surface area contributed by atoms with Crippen LogP contribution in [0.1, 0.15) is 33.1 Å². The molecule has 0 radical (unpaired) electrons. The molecule has 0 aromatic carbocycles. The fraction of sp³-hybridized carbons (Fsp3) is 0.900. The second-order valence-electron chi connectivity index (χ2n) is 4.73. The normalized spacial score (nSPS) is 23.1. The van der Waals surface area contributed by atoms with Crippen LogP contribution in [-0.2, 0) is 0 Å². The molecule has 14 heavy (non-hydrogen) atoms. The summed E-state index contributed by atoms with van der Waals surface area (Å²) in [6, 6.07) is 0. The van der Waals surface area contributed by atoms with E-state index in [1.54, 1.807) is 0 Å². The minimum absolute atomic E-state index is 0.310. The van der Waals surface area contributed by atoms with Crippen LogP contribution in [0.4, 0.5) is 4.79 Å². The minimum Gasteiger partial charge on any atom is -0.465 e. The summed E-state index contributed by atoms with van der Waals surface area (Å²) >= 11 is 0. The maximum atomic E-state index is 10.5. The van der Waals surface area contributed by atoms with E-state index in [2.05, 4.69) is 10.6 Å². The molecule has 82 valence electrons. The van der Waals surface area contributed by atoms with Gasteiger partial charge in [0.2, 0.25) is 0 Å². The van der Waals surface area contributed by atoms with Gasteiger partial charge < -0.3 is 15.7 Å². The molecule has 3 N–H and O–H groups in total. The van der Waals surface area contributed by atoms with E-state index in [1.165, 1.54) is 12.8 Å². The first-order chi connectivity index (χ1) is 6.49. The molecule has 4 heteroatoms. The monoisotopic (exact) mass is 200 g/mol. The molecule has 1 aliphatic rings. The van der Waals surface area contributed by atoms with E-state index in [9.17, 15) is 4.79 Å². The van der Waals surface area contributed by atoms with Crippen molar-refractivity contribution in [2.24, 2.45) is 5.92 Å². The summed E-state index contributed by atoms with van der Waals surface area (Å²) in [7, 11) is 0. The molecule has 1 aliphatic heterocycles. The van der Waals surface area contributed by atoms with Gasteiger partial charge in [-0.3, -0.25) is 0 Å². The largest absolute Gasteiger partial charge is 0.465 e.